The minimum atomic E-state index is -1.32. The maximum Gasteiger partial charge on any atom is 0.413 e. The van der Waals surface area contributed by atoms with Gasteiger partial charge in [-0.25, -0.2) is 14.6 Å². The van der Waals surface area contributed by atoms with Gasteiger partial charge in [0.15, 0.2) is 5.13 Å². The fourth-order valence-electron chi connectivity index (χ4n) is 2.56. The first-order chi connectivity index (χ1) is 16.4. The number of aromatic nitrogens is 1. The Kier molecular flexibility index (Phi) is 9.51. The molecule has 0 radical (unpaired) electrons. The van der Waals surface area contributed by atoms with Gasteiger partial charge in [-0.2, -0.15) is 0 Å². The number of carbonyl (C=O) groups is 3. The van der Waals surface area contributed by atoms with Gasteiger partial charge in [0, 0.05) is 5.38 Å². The van der Waals surface area contributed by atoms with Gasteiger partial charge in [-0.3, -0.25) is 10.1 Å². The third-order valence-corrected chi connectivity index (χ3v) is 6.26. The number of rotatable bonds is 10. The number of ether oxygens (including phenoxy) is 2. The second-order valence-corrected chi connectivity index (χ2v) is 9.06. The summed E-state index contributed by atoms with van der Waals surface area (Å²) in [6, 6.07) is 18.3. The average Bonchev–Trinajstić information content (AvgIpc) is 3.28. The van der Waals surface area contributed by atoms with Gasteiger partial charge in [-0.1, -0.05) is 72.3 Å². The quantitative estimate of drug-likeness (QED) is 0.272. The Morgan fingerprint density at radius 2 is 1.56 bits per heavy atom. The second-order valence-electron chi connectivity index (χ2n) is 6.61. The molecule has 0 aliphatic rings. The van der Waals surface area contributed by atoms with Crippen molar-refractivity contribution in [2.45, 2.75) is 13.2 Å². The van der Waals surface area contributed by atoms with Crippen molar-refractivity contribution in [2.24, 2.45) is 0 Å². The molecule has 0 saturated heterocycles. The van der Waals surface area contributed by atoms with E-state index in [-0.39, 0.29) is 39.7 Å². The van der Waals surface area contributed by atoms with Gasteiger partial charge in [0.25, 0.3) is 0 Å². The van der Waals surface area contributed by atoms with Crippen molar-refractivity contribution in [1.82, 2.24) is 4.98 Å². The van der Waals surface area contributed by atoms with Gasteiger partial charge in [0.1, 0.15) is 18.8 Å². The number of amides is 1. The van der Waals surface area contributed by atoms with Crippen molar-refractivity contribution in [3.63, 3.8) is 0 Å². The Bertz CT molecular complexity index is 1170. The smallest absolute Gasteiger partial charge is 0.413 e. The summed E-state index contributed by atoms with van der Waals surface area (Å²) in [5, 5.41) is 13.6. The summed E-state index contributed by atoms with van der Waals surface area (Å²) in [6.07, 6.45) is -0.729. The van der Waals surface area contributed by atoms with Crippen LogP contribution in [0.25, 0.3) is 5.57 Å². The lowest BCUT2D eigenvalue weighted by molar-refractivity contribution is -0.141. The molecule has 1 heterocycles. The fraction of sp³-hybridized carbons (Fsp3) is 0.130. The van der Waals surface area contributed by atoms with Crippen LogP contribution in [0.15, 0.2) is 70.4 Å². The molecule has 34 heavy (non-hydrogen) atoms. The molecule has 0 atom stereocenters. The molecular weight excluding hydrogens is 500 g/mol. The predicted octanol–water partition coefficient (Wildman–Crippen LogP) is 5.36. The number of carboxylic acid groups (broad SMARTS) is 1. The van der Waals surface area contributed by atoms with Crippen LogP contribution in [0.2, 0.25) is 0 Å². The first-order valence-electron chi connectivity index (χ1n) is 9.81. The van der Waals surface area contributed by atoms with E-state index >= 15 is 0 Å². The van der Waals surface area contributed by atoms with Crippen LogP contribution in [0, 0.1) is 0 Å². The van der Waals surface area contributed by atoms with Crippen molar-refractivity contribution < 1.29 is 29.0 Å². The molecule has 0 aliphatic carbocycles. The Morgan fingerprint density at radius 1 is 0.971 bits per heavy atom. The van der Waals surface area contributed by atoms with Gasteiger partial charge in [0.05, 0.1) is 15.8 Å². The number of carbonyl (C=O) groups excluding carboxylic acids is 2. The predicted molar refractivity (Wildman–Crippen MR) is 131 cm³/mol. The molecule has 1 aromatic heterocycles. The van der Waals surface area contributed by atoms with E-state index in [9.17, 15) is 19.5 Å². The minimum absolute atomic E-state index is 0.0472. The van der Waals surface area contributed by atoms with Crippen LogP contribution in [-0.2, 0) is 32.3 Å². The first-order valence-corrected chi connectivity index (χ1v) is 12.1. The van der Waals surface area contributed by atoms with Crippen LogP contribution in [0.3, 0.4) is 0 Å². The highest BCUT2D eigenvalue weighted by atomic mass is 35.5. The average molecular weight is 519 g/mol. The van der Waals surface area contributed by atoms with Crippen LogP contribution in [0.1, 0.15) is 16.8 Å². The number of hydrogen-bond donors (Lipinski definition) is 2. The highest BCUT2D eigenvalue weighted by Gasteiger charge is 2.21. The zero-order valence-electron chi connectivity index (χ0n) is 17.6. The number of benzene rings is 2. The Hall–Kier alpha value is -3.34. The van der Waals surface area contributed by atoms with Crippen LogP contribution < -0.4 is 5.32 Å². The number of nitrogens with one attached hydrogen (secondary N) is 1. The highest BCUT2D eigenvalue weighted by Crippen LogP contribution is 2.32. The van der Waals surface area contributed by atoms with E-state index in [1.165, 1.54) is 5.38 Å². The van der Waals surface area contributed by atoms with E-state index in [1.54, 1.807) is 0 Å². The summed E-state index contributed by atoms with van der Waals surface area (Å²) in [5.74, 6) is -2.04. The highest BCUT2D eigenvalue weighted by molar-refractivity contribution is 8.05. The molecule has 2 aromatic carbocycles. The third kappa shape index (κ3) is 7.91. The number of esters is 1. The molecule has 0 spiro atoms. The monoisotopic (exact) mass is 518 g/mol. The number of aliphatic carboxylic acids is 1. The summed E-state index contributed by atoms with van der Waals surface area (Å²) >= 11 is 8.01. The maximum atomic E-state index is 12.0. The van der Waals surface area contributed by atoms with Crippen molar-refractivity contribution in [2.75, 3.05) is 11.1 Å². The van der Waals surface area contributed by atoms with Crippen molar-refractivity contribution >= 4 is 63.4 Å². The van der Waals surface area contributed by atoms with Gasteiger partial charge >= 0.3 is 18.0 Å². The standard InChI is InChI=1S/C23H19ClN2O6S2/c24-20(33-14-18(27)31-11-15-7-3-1-4-8-15)19(21(28)29)17-13-34-22(25-17)26-23(30)32-12-16-9-5-2-6-10-16/h1-10,13H,11-12,14H2,(H,28,29)(H,25,26,30). The third-order valence-electron chi connectivity index (χ3n) is 4.15. The molecule has 2 N–H and O–H groups in total. The molecule has 176 valence electrons. The number of halogens is 1. The van der Waals surface area contributed by atoms with Crippen LogP contribution >= 0.6 is 34.7 Å². The van der Waals surface area contributed by atoms with Crippen molar-refractivity contribution in [3.8, 4) is 0 Å². The summed E-state index contributed by atoms with van der Waals surface area (Å²) in [5.41, 5.74) is 1.41. The largest absolute Gasteiger partial charge is 0.478 e. The lowest BCUT2D eigenvalue weighted by Crippen LogP contribution is -2.13. The van der Waals surface area contributed by atoms with Crippen LogP contribution in [0.5, 0.6) is 0 Å². The normalized spacial score (nSPS) is 11.3. The molecule has 0 bridgehead atoms. The Balaban J connectivity index is 1.55. The molecule has 0 unspecified atom stereocenters. The van der Waals surface area contributed by atoms with E-state index in [0.29, 0.717) is 0 Å². The zero-order chi connectivity index (χ0) is 24.3. The summed E-state index contributed by atoms with van der Waals surface area (Å²) < 4.78 is 10.2. The Labute approximate surface area is 208 Å². The SMILES string of the molecule is O=C(CSC(Cl)=C(C(=O)O)c1csc(NC(=O)OCc2ccccc2)n1)OCc1ccccc1. The molecule has 0 aliphatic heterocycles. The fourth-order valence-corrected chi connectivity index (χ4v) is 4.25. The summed E-state index contributed by atoms with van der Waals surface area (Å²) in [4.78, 5) is 39.9. The molecule has 1 amide bonds. The number of thioether (sulfide) groups is 1. The molecule has 8 nitrogen and oxygen atoms in total. The van der Waals surface area contributed by atoms with E-state index in [1.807, 2.05) is 60.7 Å². The van der Waals surface area contributed by atoms with Crippen LogP contribution in [0.4, 0.5) is 9.93 Å². The Morgan fingerprint density at radius 3 is 2.15 bits per heavy atom. The van der Waals surface area contributed by atoms with E-state index in [0.717, 1.165) is 34.2 Å². The number of nitrogens with zero attached hydrogens (tertiary/aromatic N) is 1. The van der Waals surface area contributed by atoms with Gasteiger partial charge < -0.3 is 14.6 Å². The number of anilines is 1. The van der Waals surface area contributed by atoms with Gasteiger partial charge in [0.2, 0.25) is 0 Å². The first kappa shape index (κ1) is 25.3. The van der Waals surface area contributed by atoms with E-state index < -0.39 is 18.0 Å². The van der Waals surface area contributed by atoms with Crippen LogP contribution in [-0.4, -0.2) is 33.9 Å². The van der Waals surface area contributed by atoms with E-state index in [4.69, 9.17) is 21.1 Å². The van der Waals surface area contributed by atoms with Crippen molar-refractivity contribution in [3.05, 3.63) is 87.2 Å². The lowest BCUT2D eigenvalue weighted by atomic mass is 10.2. The topological polar surface area (TPSA) is 115 Å². The molecule has 0 fully saturated rings. The second kappa shape index (κ2) is 12.8. The molecule has 3 aromatic rings. The maximum absolute atomic E-state index is 12.0. The molecule has 3 rings (SSSR count). The minimum Gasteiger partial charge on any atom is -0.478 e. The molecule has 0 saturated carbocycles. The summed E-state index contributed by atoms with van der Waals surface area (Å²) in [6.45, 7) is 0.183. The molecule has 11 heteroatoms. The van der Waals surface area contributed by atoms with Gasteiger partial charge in [-0.05, 0) is 11.1 Å². The zero-order valence-corrected chi connectivity index (χ0v) is 20.0. The van der Waals surface area contributed by atoms with Crippen molar-refractivity contribution in [1.29, 1.82) is 0 Å². The number of hydrogen-bond acceptors (Lipinski definition) is 8. The molecular formula is C23H19ClN2O6S2. The number of thiazole rings is 1. The summed E-state index contributed by atoms with van der Waals surface area (Å²) in [7, 11) is 0. The number of carboxylic acids is 1. The van der Waals surface area contributed by atoms with E-state index in [2.05, 4.69) is 10.3 Å². The lowest BCUT2D eigenvalue weighted by Gasteiger charge is -2.06. The van der Waals surface area contributed by atoms with Gasteiger partial charge in [-0.15, -0.1) is 23.1 Å².